The van der Waals surface area contributed by atoms with Gasteiger partial charge in [-0.1, -0.05) is 51.1 Å². The highest BCUT2D eigenvalue weighted by atomic mass is 16.2. The maximum atomic E-state index is 13.2. The van der Waals surface area contributed by atoms with Gasteiger partial charge >= 0.3 is 5.69 Å². The third-order valence-electron chi connectivity index (χ3n) is 5.58. The molecule has 7 nitrogen and oxygen atoms in total. The molecule has 0 spiro atoms. The Bertz CT molecular complexity index is 1140. The number of rotatable bonds is 5. The molecule has 3 heterocycles. The summed E-state index contributed by atoms with van der Waals surface area (Å²) in [5.41, 5.74) is 1.77. The summed E-state index contributed by atoms with van der Waals surface area (Å²) in [4.78, 5) is 33.0. The molecule has 29 heavy (non-hydrogen) atoms. The second-order valence-corrected chi connectivity index (χ2v) is 8.63. The van der Waals surface area contributed by atoms with Crippen molar-refractivity contribution in [3.8, 4) is 0 Å². The smallest absolute Gasteiger partial charge is 0.332 e. The van der Waals surface area contributed by atoms with Gasteiger partial charge in [-0.3, -0.25) is 13.9 Å². The molecule has 0 radical (unpaired) electrons. The molecule has 0 saturated heterocycles. The van der Waals surface area contributed by atoms with Crippen molar-refractivity contribution in [2.24, 2.45) is 18.9 Å². The van der Waals surface area contributed by atoms with E-state index in [2.05, 4.69) is 36.1 Å². The highest BCUT2D eigenvalue weighted by Gasteiger charge is 2.28. The minimum atomic E-state index is -0.296. The average Bonchev–Trinajstić information content (AvgIpc) is 3.08. The molecule has 0 saturated carbocycles. The Balaban J connectivity index is 1.80. The molecule has 154 valence electrons. The lowest BCUT2D eigenvalue weighted by Gasteiger charge is -2.33. The zero-order valence-corrected chi connectivity index (χ0v) is 17.6. The molecule has 0 N–H and O–H groups in total. The van der Waals surface area contributed by atoms with Gasteiger partial charge in [-0.25, -0.2) is 4.79 Å². The van der Waals surface area contributed by atoms with Gasteiger partial charge in [0, 0.05) is 33.2 Å². The lowest BCUT2D eigenvalue weighted by molar-refractivity contribution is 0.435. The van der Waals surface area contributed by atoms with Gasteiger partial charge < -0.3 is 9.47 Å². The summed E-state index contributed by atoms with van der Waals surface area (Å²) in [5, 5.41) is 0. The van der Waals surface area contributed by atoms with E-state index in [1.807, 2.05) is 24.5 Å². The van der Waals surface area contributed by atoms with Gasteiger partial charge in [-0.2, -0.15) is 4.98 Å². The van der Waals surface area contributed by atoms with Crippen molar-refractivity contribution in [3.05, 3.63) is 56.7 Å². The fourth-order valence-electron chi connectivity index (χ4n) is 4.23. The number of nitrogens with zero attached hydrogens (tertiary/aromatic N) is 5. The highest BCUT2D eigenvalue weighted by Crippen LogP contribution is 2.27. The molecule has 1 aromatic carbocycles. The van der Waals surface area contributed by atoms with Crippen LogP contribution in [-0.4, -0.2) is 31.8 Å². The molecular formula is C22H29N5O2. The van der Waals surface area contributed by atoms with E-state index in [-0.39, 0.29) is 17.2 Å². The number of hydrogen-bond acceptors (Lipinski definition) is 4. The monoisotopic (exact) mass is 395 g/mol. The van der Waals surface area contributed by atoms with E-state index in [1.165, 1.54) is 14.7 Å². The van der Waals surface area contributed by atoms with Gasteiger partial charge in [0.25, 0.3) is 5.56 Å². The third kappa shape index (κ3) is 3.50. The Hall–Kier alpha value is -2.83. The normalized spacial score (nSPS) is 16.6. The summed E-state index contributed by atoms with van der Waals surface area (Å²) in [6.07, 6.45) is 0.910. The van der Waals surface area contributed by atoms with Gasteiger partial charge in [-0.15, -0.1) is 0 Å². The quantitative estimate of drug-likeness (QED) is 0.665. The van der Waals surface area contributed by atoms with Crippen molar-refractivity contribution in [1.82, 2.24) is 18.7 Å². The maximum Gasteiger partial charge on any atom is 0.332 e. The average molecular weight is 396 g/mol. The Kier molecular flexibility index (Phi) is 5.06. The molecular weight excluding hydrogens is 366 g/mol. The molecule has 4 rings (SSSR count). The van der Waals surface area contributed by atoms with Crippen LogP contribution in [0.4, 0.5) is 5.95 Å². The lowest BCUT2D eigenvalue weighted by atomic mass is 10.1. The minimum absolute atomic E-state index is 0.211. The minimum Gasteiger partial charge on any atom is -0.342 e. The fourth-order valence-corrected chi connectivity index (χ4v) is 4.23. The van der Waals surface area contributed by atoms with Crippen LogP contribution in [0.5, 0.6) is 0 Å². The van der Waals surface area contributed by atoms with E-state index in [0.717, 1.165) is 32.0 Å². The molecule has 7 heteroatoms. The van der Waals surface area contributed by atoms with Gasteiger partial charge in [-0.05, 0) is 23.8 Å². The first-order chi connectivity index (χ1) is 13.9. The zero-order chi connectivity index (χ0) is 20.7. The van der Waals surface area contributed by atoms with Crippen molar-refractivity contribution in [2.45, 2.75) is 40.3 Å². The number of imidazole rings is 1. The number of anilines is 1. The van der Waals surface area contributed by atoms with Crippen LogP contribution in [0.3, 0.4) is 0 Å². The molecule has 0 fully saturated rings. The molecule has 0 amide bonds. The Labute approximate surface area is 170 Å². The van der Waals surface area contributed by atoms with E-state index in [9.17, 15) is 9.59 Å². The standard InChI is InChI=1S/C22H29N5O2/c1-15(2)12-27-20(28)18-19(24(4)22(27)29)23-21-25(13-16(3)14-26(18)21)11-10-17-8-6-5-7-9-17/h5-9,15-16H,10-14H2,1-4H3. The maximum absolute atomic E-state index is 13.2. The Morgan fingerprint density at radius 2 is 1.86 bits per heavy atom. The van der Waals surface area contributed by atoms with Gasteiger partial charge in [0.1, 0.15) is 0 Å². The number of aryl methyl sites for hydroxylation is 1. The summed E-state index contributed by atoms with van der Waals surface area (Å²) in [6, 6.07) is 10.4. The first-order valence-electron chi connectivity index (χ1n) is 10.4. The summed E-state index contributed by atoms with van der Waals surface area (Å²) >= 11 is 0. The van der Waals surface area contributed by atoms with Crippen molar-refractivity contribution < 1.29 is 0 Å². The second kappa shape index (κ2) is 7.54. The van der Waals surface area contributed by atoms with Crippen LogP contribution >= 0.6 is 0 Å². The fraction of sp³-hybridized carbons (Fsp3) is 0.500. The van der Waals surface area contributed by atoms with Crippen LogP contribution in [0.1, 0.15) is 26.3 Å². The molecule has 0 aliphatic carbocycles. The van der Waals surface area contributed by atoms with Gasteiger partial charge in [0.15, 0.2) is 11.2 Å². The Morgan fingerprint density at radius 3 is 2.55 bits per heavy atom. The van der Waals surface area contributed by atoms with Crippen LogP contribution in [0.2, 0.25) is 0 Å². The van der Waals surface area contributed by atoms with Crippen LogP contribution in [0.15, 0.2) is 39.9 Å². The van der Waals surface area contributed by atoms with Crippen LogP contribution in [-0.2, 0) is 26.6 Å². The SMILES string of the molecule is CC(C)Cn1c(=O)c2c(nc3n2CC(C)CN3CCc2ccccc2)n(C)c1=O. The second-order valence-electron chi connectivity index (χ2n) is 8.63. The van der Waals surface area contributed by atoms with E-state index >= 15 is 0 Å². The number of fused-ring (bicyclic) bond motifs is 3. The van der Waals surface area contributed by atoms with Crippen LogP contribution in [0.25, 0.3) is 11.2 Å². The van der Waals surface area contributed by atoms with E-state index in [4.69, 9.17) is 4.98 Å². The van der Waals surface area contributed by atoms with Gasteiger partial charge in [0.05, 0.1) is 0 Å². The van der Waals surface area contributed by atoms with Gasteiger partial charge in [0.2, 0.25) is 5.95 Å². The first kappa shape index (κ1) is 19.5. The summed E-state index contributed by atoms with van der Waals surface area (Å²) in [5.74, 6) is 1.40. The first-order valence-corrected chi connectivity index (χ1v) is 10.4. The number of hydrogen-bond donors (Lipinski definition) is 0. The summed E-state index contributed by atoms with van der Waals surface area (Å²) in [7, 11) is 1.71. The summed E-state index contributed by atoms with van der Waals surface area (Å²) in [6.45, 7) is 9.08. The largest absolute Gasteiger partial charge is 0.342 e. The molecule has 1 aliphatic heterocycles. The van der Waals surface area contributed by atoms with Crippen molar-refractivity contribution >= 4 is 17.1 Å². The molecule has 1 aliphatic rings. The predicted molar refractivity (Wildman–Crippen MR) is 116 cm³/mol. The molecule has 1 atom stereocenters. The van der Waals surface area contributed by atoms with E-state index < -0.39 is 0 Å². The van der Waals surface area contributed by atoms with Crippen molar-refractivity contribution in [1.29, 1.82) is 0 Å². The number of benzene rings is 1. The van der Waals surface area contributed by atoms with E-state index in [1.54, 1.807) is 7.05 Å². The molecule has 3 aromatic rings. The molecule has 0 bridgehead atoms. The topological polar surface area (TPSA) is 65.1 Å². The number of aromatic nitrogens is 4. The zero-order valence-electron chi connectivity index (χ0n) is 17.6. The van der Waals surface area contributed by atoms with E-state index in [0.29, 0.717) is 23.6 Å². The Morgan fingerprint density at radius 1 is 1.14 bits per heavy atom. The third-order valence-corrected chi connectivity index (χ3v) is 5.58. The van der Waals surface area contributed by atoms with Crippen molar-refractivity contribution in [3.63, 3.8) is 0 Å². The highest BCUT2D eigenvalue weighted by molar-refractivity contribution is 5.75. The molecule has 2 aromatic heterocycles. The van der Waals surface area contributed by atoms with Crippen LogP contribution in [0, 0.1) is 11.8 Å². The molecule has 1 unspecified atom stereocenters. The van der Waals surface area contributed by atoms with Crippen molar-refractivity contribution in [2.75, 3.05) is 18.0 Å². The predicted octanol–water partition coefficient (Wildman–Crippen LogP) is 2.25. The summed E-state index contributed by atoms with van der Waals surface area (Å²) < 4.78 is 4.90. The van der Waals surface area contributed by atoms with Crippen LogP contribution < -0.4 is 16.1 Å². The lowest BCUT2D eigenvalue weighted by Crippen LogP contribution is -2.42.